The number of nitrogens with one attached hydrogen (secondary N) is 1. The van der Waals surface area contributed by atoms with E-state index in [0.29, 0.717) is 12.3 Å². The Kier molecular flexibility index (Phi) is 6.19. The van der Waals surface area contributed by atoms with Crippen molar-refractivity contribution in [3.8, 4) is 0 Å². The summed E-state index contributed by atoms with van der Waals surface area (Å²) in [5, 5.41) is 2.30. The van der Waals surface area contributed by atoms with Gasteiger partial charge in [0.15, 0.2) is 6.61 Å². The minimum absolute atomic E-state index is 0.177. The van der Waals surface area contributed by atoms with E-state index in [1.807, 2.05) is 0 Å². The lowest BCUT2D eigenvalue weighted by atomic mass is 10.2. The molecule has 1 heterocycles. The van der Waals surface area contributed by atoms with Gasteiger partial charge in [-0.05, 0) is 12.1 Å². The molecular weight excluding hydrogens is 336 g/mol. The van der Waals surface area contributed by atoms with Gasteiger partial charge >= 0.3 is 11.9 Å². The maximum atomic E-state index is 11.9. The molecule has 1 N–H and O–H groups in total. The molecule has 0 saturated carbocycles. The van der Waals surface area contributed by atoms with E-state index in [0.717, 1.165) is 11.8 Å². The molecule has 0 radical (unpaired) electrons. The molecule has 1 aromatic rings. The van der Waals surface area contributed by atoms with Crippen LogP contribution < -0.4 is 5.32 Å². The molecular formula is C15H16N2O6S. The number of methoxy groups -OCH3 is 1. The first-order chi connectivity index (χ1) is 11.5. The highest BCUT2D eigenvalue weighted by atomic mass is 32.2. The molecule has 2 amide bonds. The molecule has 0 atom stereocenters. The standard InChI is InChI=1S/C15H16N2O6S/c1-22-14(20)10-4-2-3-5-11(10)16-12(18)9-23-13(19)8-17-6-7-24-15(17)21/h2-5H,6-9H2,1H3,(H,16,18). The van der Waals surface area contributed by atoms with Crippen molar-refractivity contribution in [1.29, 1.82) is 0 Å². The monoisotopic (exact) mass is 352 g/mol. The number of anilines is 1. The first-order valence-corrected chi connectivity index (χ1v) is 8.04. The highest BCUT2D eigenvalue weighted by Gasteiger charge is 2.24. The largest absolute Gasteiger partial charge is 0.465 e. The van der Waals surface area contributed by atoms with Gasteiger partial charge in [-0.1, -0.05) is 23.9 Å². The Balaban J connectivity index is 1.84. The van der Waals surface area contributed by atoms with E-state index >= 15 is 0 Å². The van der Waals surface area contributed by atoms with Gasteiger partial charge in [-0.2, -0.15) is 0 Å². The van der Waals surface area contributed by atoms with E-state index < -0.39 is 24.5 Å². The number of para-hydroxylation sites is 1. The smallest absolute Gasteiger partial charge is 0.339 e. The molecule has 24 heavy (non-hydrogen) atoms. The minimum Gasteiger partial charge on any atom is -0.465 e. The predicted octanol–water partition coefficient (Wildman–Crippen LogP) is 1.12. The summed E-state index contributed by atoms with van der Waals surface area (Å²) in [5.41, 5.74) is 0.455. The summed E-state index contributed by atoms with van der Waals surface area (Å²) < 4.78 is 9.47. The Morgan fingerprint density at radius 3 is 2.71 bits per heavy atom. The van der Waals surface area contributed by atoms with Crippen molar-refractivity contribution < 1.29 is 28.7 Å². The number of benzene rings is 1. The van der Waals surface area contributed by atoms with Crippen LogP contribution in [0.15, 0.2) is 24.3 Å². The van der Waals surface area contributed by atoms with Crippen molar-refractivity contribution in [2.24, 2.45) is 0 Å². The maximum absolute atomic E-state index is 11.9. The highest BCUT2D eigenvalue weighted by Crippen LogP contribution is 2.17. The zero-order valence-corrected chi connectivity index (χ0v) is 13.8. The zero-order chi connectivity index (χ0) is 17.5. The number of carbonyl (C=O) groups excluding carboxylic acids is 4. The summed E-state index contributed by atoms with van der Waals surface area (Å²) in [7, 11) is 1.24. The second-order valence-corrected chi connectivity index (χ2v) is 5.83. The highest BCUT2D eigenvalue weighted by molar-refractivity contribution is 8.13. The fraction of sp³-hybridized carbons (Fsp3) is 0.333. The Morgan fingerprint density at radius 1 is 1.29 bits per heavy atom. The summed E-state index contributed by atoms with van der Waals surface area (Å²) in [6.45, 7) is -0.210. The number of nitrogens with zero attached hydrogens (tertiary/aromatic N) is 1. The van der Waals surface area contributed by atoms with Crippen molar-refractivity contribution in [2.75, 3.05) is 37.9 Å². The quantitative estimate of drug-likeness (QED) is 0.766. The third kappa shape index (κ3) is 4.72. The van der Waals surface area contributed by atoms with Gasteiger partial charge in [-0.3, -0.25) is 14.4 Å². The maximum Gasteiger partial charge on any atom is 0.339 e. The lowest BCUT2D eigenvalue weighted by Gasteiger charge is -2.13. The van der Waals surface area contributed by atoms with Crippen LogP contribution in [0.1, 0.15) is 10.4 Å². The molecule has 1 aromatic carbocycles. The summed E-state index contributed by atoms with van der Waals surface area (Å²) in [5.74, 6) is -1.21. The van der Waals surface area contributed by atoms with Crippen LogP contribution in [0.5, 0.6) is 0 Å². The van der Waals surface area contributed by atoms with Crippen LogP contribution >= 0.6 is 11.8 Å². The molecule has 128 valence electrons. The molecule has 0 aliphatic carbocycles. The molecule has 1 aliphatic heterocycles. The van der Waals surface area contributed by atoms with Gasteiger partial charge in [0.2, 0.25) is 0 Å². The van der Waals surface area contributed by atoms with Crippen LogP contribution in [-0.2, 0) is 19.1 Å². The number of esters is 2. The Morgan fingerprint density at radius 2 is 2.04 bits per heavy atom. The van der Waals surface area contributed by atoms with Gasteiger partial charge in [-0.25, -0.2) is 4.79 Å². The van der Waals surface area contributed by atoms with E-state index in [9.17, 15) is 19.2 Å². The zero-order valence-electron chi connectivity index (χ0n) is 12.9. The van der Waals surface area contributed by atoms with Crippen molar-refractivity contribution in [3.63, 3.8) is 0 Å². The summed E-state index contributed by atoms with van der Waals surface area (Å²) in [6.07, 6.45) is 0. The van der Waals surface area contributed by atoms with Crippen LogP contribution in [0.2, 0.25) is 0 Å². The van der Waals surface area contributed by atoms with Crippen LogP contribution in [-0.4, -0.2) is 60.5 Å². The summed E-state index contributed by atoms with van der Waals surface area (Å²) >= 11 is 1.14. The van der Waals surface area contributed by atoms with Crippen LogP contribution in [0.25, 0.3) is 0 Å². The number of ether oxygens (including phenoxy) is 2. The summed E-state index contributed by atoms with van der Waals surface area (Å²) in [6, 6.07) is 6.31. The average molecular weight is 352 g/mol. The number of thioether (sulfide) groups is 1. The van der Waals surface area contributed by atoms with Crippen LogP contribution in [0.4, 0.5) is 10.5 Å². The molecule has 0 unspecified atom stereocenters. The van der Waals surface area contributed by atoms with Gasteiger partial charge < -0.3 is 19.7 Å². The second kappa shape index (κ2) is 8.34. The van der Waals surface area contributed by atoms with E-state index in [2.05, 4.69) is 10.1 Å². The summed E-state index contributed by atoms with van der Waals surface area (Å²) in [4.78, 5) is 47.8. The van der Waals surface area contributed by atoms with Gasteiger partial charge in [0.05, 0.1) is 18.4 Å². The molecule has 0 bridgehead atoms. The van der Waals surface area contributed by atoms with Crippen molar-refractivity contribution in [2.45, 2.75) is 0 Å². The van der Waals surface area contributed by atoms with E-state index in [1.54, 1.807) is 12.1 Å². The molecule has 1 saturated heterocycles. The Labute approximate surface area is 142 Å². The number of carbonyl (C=O) groups is 4. The van der Waals surface area contributed by atoms with E-state index in [1.165, 1.54) is 24.1 Å². The first-order valence-electron chi connectivity index (χ1n) is 7.05. The molecule has 0 aromatic heterocycles. The van der Waals surface area contributed by atoms with E-state index in [4.69, 9.17) is 4.74 Å². The van der Waals surface area contributed by atoms with Gasteiger partial charge in [-0.15, -0.1) is 0 Å². The van der Waals surface area contributed by atoms with Gasteiger partial charge in [0.1, 0.15) is 6.54 Å². The number of amides is 2. The van der Waals surface area contributed by atoms with E-state index in [-0.39, 0.29) is 23.0 Å². The fourth-order valence-electron chi connectivity index (χ4n) is 1.98. The first kappa shape index (κ1) is 17.8. The van der Waals surface area contributed by atoms with Crippen LogP contribution in [0, 0.1) is 0 Å². The molecule has 0 spiro atoms. The number of hydrogen-bond acceptors (Lipinski definition) is 7. The molecule has 1 fully saturated rings. The Bertz CT molecular complexity index is 663. The van der Waals surface area contributed by atoms with Crippen molar-refractivity contribution in [3.05, 3.63) is 29.8 Å². The predicted molar refractivity (Wildman–Crippen MR) is 86.8 cm³/mol. The van der Waals surface area contributed by atoms with Crippen LogP contribution in [0.3, 0.4) is 0 Å². The molecule has 8 nitrogen and oxygen atoms in total. The fourth-order valence-corrected chi connectivity index (χ4v) is 2.81. The second-order valence-electron chi connectivity index (χ2n) is 4.78. The average Bonchev–Trinajstić information content (AvgIpc) is 2.97. The minimum atomic E-state index is -0.665. The topological polar surface area (TPSA) is 102 Å². The molecule has 9 heteroatoms. The molecule has 1 aliphatic rings. The lowest BCUT2D eigenvalue weighted by molar-refractivity contribution is -0.147. The third-order valence-corrected chi connectivity index (χ3v) is 4.03. The lowest BCUT2D eigenvalue weighted by Crippen LogP contribution is -2.32. The van der Waals surface area contributed by atoms with Crippen molar-refractivity contribution in [1.82, 2.24) is 4.90 Å². The normalized spacial score (nSPS) is 13.5. The number of hydrogen-bond donors (Lipinski definition) is 1. The number of rotatable bonds is 6. The Hall–Kier alpha value is -2.55. The van der Waals surface area contributed by atoms with Crippen molar-refractivity contribution >= 4 is 40.5 Å². The van der Waals surface area contributed by atoms with Gasteiger partial charge in [0.25, 0.3) is 11.1 Å². The molecule has 2 rings (SSSR count). The van der Waals surface area contributed by atoms with Gasteiger partial charge in [0, 0.05) is 12.3 Å². The third-order valence-electron chi connectivity index (χ3n) is 3.14. The SMILES string of the molecule is COC(=O)c1ccccc1NC(=O)COC(=O)CN1CCSC1=O.